The molecule has 0 spiro atoms. The van der Waals surface area contributed by atoms with Crippen molar-refractivity contribution in [1.29, 1.82) is 5.26 Å². The summed E-state index contributed by atoms with van der Waals surface area (Å²) in [6.45, 7) is 1.93. The minimum atomic E-state index is 0.460. The first-order valence-corrected chi connectivity index (χ1v) is 4.76. The van der Waals surface area contributed by atoms with Crippen molar-refractivity contribution in [3.8, 4) is 6.07 Å². The molecule has 1 rings (SSSR count). The summed E-state index contributed by atoms with van der Waals surface area (Å²) in [6, 6.07) is 3.87. The second-order valence-corrected chi connectivity index (χ2v) is 2.94. The maximum atomic E-state index is 8.54. The van der Waals surface area contributed by atoms with E-state index in [1.807, 2.05) is 4.90 Å². The van der Waals surface area contributed by atoms with E-state index in [-0.39, 0.29) is 0 Å². The van der Waals surface area contributed by atoms with Crippen LogP contribution in [0.4, 0.5) is 5.95 Å². The summed E-state index contributed by atoms with van der Waals surface area (Å²) < 4.78 is 4.99. The summed E-state index contributed by atoms with van der Waals surface area (Å²) in [5.41, 5.74) is 0. The van der Waals surface area contributed by atoms with Crippen molar-refractivity contribution in [2.45, 2.75) is 6.42 Å². The Balaban J connectivity index is 2.59. The molecule has 1 aromatic heterocycles. The molecule has 0 aliphatic rings. The van der Waals surface area contributed by atoms with Crippen molar-refractivity contribution in [2.24, 2.45) is 0 Å². The molecule has 1 heterocycles. The SMILES string of the molecule is COCCN(CCC#N)c1ncccn1. The van der Waals surface area contributed by atoms with E-state index in [0.717, 1.165) is 0 Å². The van der Waals surface area contributed by atoms with Gasteiger partial charge in [-0.1, -0.05) is 0 Å². The Morgan fingerprint density at radius 3 is 2.73 bits per heavy atom. The number of hydrogen-bond donors (Lipinski definition) is 0. The second kappa shape index (κ2) is 6.74. The van der Waals surface area contributed by atoms with Crippen molar-refractivity contribution >= 4 is 5.95 Å². The molecule has 0 aliphatic heterocycles. The predicted molar refractivity (Wildman–Crippen MR) is 56.4 cm³/mol. The number of anilines is 1. The Bertz CT molecular complexity index is 309. The standard InChI is InChI=1S/C10H14N4O/c1-15-9-8-14(7-2-4-11)10-12-5-3-6-13-10/h3,5-6H,2,7-9H2,1H3. The molecular weight excluding hydrogens is 192 g/mol. The van der Waals surface area contributed by atoms with Gasteiger partial charge in [-0.3, -0.25) is 0 Å². The van der Waals surface area contributed by atoms with Crippen molar-refractivity contribution in [2.75, 3.05) is 31.7 Å². The largest absolute Gasteiger partial charge is 0.383 e. The molecule has 1 aromatic rings. The molecule has 5 nitrogen and oxygen atoms in total. The average Bonchev–Trinajstić information content (AvgIpc) is 2.30. The third-order valence-corrected chi connectivity index (χ3v) is 1.89. The van der Waals surface area contributed by atoms with Crippen LogP contribution in [0, 0.1) is 11.3 Å². The van der Waals surface area contributed by atoms with Crippen LogP contribution in [-0.4, -0.2) is 36.8 Å². The summed E-state index contributed by atoms with van der Waals surface area (Å²) >= 11 is 0. The zero-order valence-corrected chi connectivity index (χ0v) is 8.76. The van der Waals surface area contributed by atoms with Crippen molar-refractivity contribution in [3.63, 3.8) is 0 Å². The van der Waals surface area contributed by atoms with E-state index in [9.17, 15) is 0 Å². The molecule has 80 valence electrons. The molecule has 0 bridgehead atoms. The van der Waals surface area contributed by atoms with E-state index in [2.05, 4.69) is 16.0 Å². The van der Waals surface area contributed by atoms with E-state index in [1.165, 1.54) is 0 Å². The van der Waals surface area contributed by atoms with Crippen LogP contribution in [-0.2, 0) is 4.74 Å². The highest BCUT2D eigenvalue weighted by Gasteiger charge is 2.07. The molecule has 0 saturated heterocycles. The number of rotatable bonds is 6. The summed E-state index contributed by atoms with van der Waals surface area (Å²) in [5, 5.41) is 8.54. The predicted octanol–water partition coefficient (Wildman–Crippen LogP) is 0.843. The van der Waals surface area contributed by atoms with Crippen LogP contribution in [0.1, 0.15) is 6.42 Å². The van der Waals surface area contributed by atoms with Crippen LogP contribution in [0.5, 0.6) is 0 Å². The fourth-order valence-corrected chi connectivity index (χ4v) is 1.15. The van der Waals surface area contributed by atoms with E-state index >= 15 is 0 Å². The Morgan fingerprint density at radius 2 is 2.13 bits per heavy atom. The summed E-state index contributed by atoms with van der Waals surface area (Å²) in [4.78, 5) is 10.2. The molecule has 5 heteroatoms. The van der Waals surface area contributed by atoms with Crippen molar-refractivity contribution in [3.05, 3.63) is 18.5 Å². The van der Waals surface area contributed by atoms with Crippen molar-refractivity contribution in [1.82, 2.24) is 9.97 Å². The minimum Gasteiger partial charge on any atom is -0.383 e. The Hall–Kier alpha value is -1.67. The lowest BCUT2D eigenvalue weighted by Crippen LogP contribution is -2.29. The van der Waals surface area contributed by atoms with Gasteiger partial charge in [0, 0.05) is 32.6 Å². The fraction of sp³-hybridized carbons (Fsp3) is 0.500. The normalized spacial score (nSPS) is 9.60. The Kier molecular flexibility index (Phi) is 5.12. The highest BCUT2D eigenvalue weighted by atomic mass is 16.5. The van der Waals surface area contributed by atoms with Crippen LogP contribution in [0.15, 0.2) is 18.5 Å². The van der Waals surface area contributed by atoms with Crippen LogP contribution < -0.4 is 4.90 Å². The zero-order chi connectivity index (χ0) is 10.9. The lowest BCUT2D eigenvalue weighted by molar-refractivity contribution is 0.205. The Morgan fingerprint density at radius 1 is 1.40 bits per heavy atom. The first-order valence-electron chi connectivity index (χ1n) is 4.76. The molecule has 0 N–H and O–H groups in total. The van der Waals surface area contributed by atoms with Crippen LogP contribution in [0.25, 0.3) is 0 Å². The highest BCUT2D eigenvalue weighted by Crippen LogP contribution is 2.04. The molecule has 0 aromatic carbocycles. The smallest absolute Gasteiger partial charge is 0.225 e. The van der Waals surface area contributed by atoms with E-state index in [1.54, 1.807) is 25.6 Å². The van der Waals surface area contributed by atoms with Gasteiger partial charge in [0.05, 0.1) is 19.1 Å². The number of aromatic nitrogens is 2. The van der Waals surface area contributed by atoms with Gasteiger partial charge in [-0.25, -0.2) is 9.97 Å². The molecule has 0 fully saturated rings. The quantitative estimate of drug-likeness (QED) is 0.690. The second-order valence-electron chi connectivity index (χ2n) is 2.94. The van der Waals surface area contributed by atoms with Gasteiger partial charge in [-0.05, 0) is 6.07 Å². The fourth-order valence-electron chi connectivity index (χ4n) is 1.15. The number of ether oxygens (including phenoxy) is 1. The van der Waals surface area contributed by atoms with Crippen LogP contribution in [0.2, 0.25) is 0 Å². The summed E-state index contributed by atoms with van der Waals surface area (Å²) in [6.07, 6.45) is 3.84. The summed E-state index contributed by atoms with van der Waals surface area (Å²) in [5.74, 6) is 0.643. The van der Waals surface area contributed by atoms with Gasteiger partial charge in [0.15, 0.2) is 0 Å². The monoisotopic (exact) mass is 206 g/mol. The first-order chi connectivity index (χ1) is 7.38. The van der Waals surface area contributed by atoms with Gasteiger partial charge in [0.1, 0.15) is 0 Å². The maximum Gasteiger partial charge on any atom is 0.225 e. The van der Waals surface area contributed by atoms with Gasteiger partial charge in [0.25, 0.3) is 0 Å². The van der Waals surface area contributed by atoms with Crippen LogP contribution in [0.3, 0.4) is 0 Å². The molecule has 0 aliphatic carbocycles. The maximum absolute atomic E-state index is 8.54. The highest BCUT2D eigenvalue weighted by molar-refractivity contribution is 5.28. The van der Waals surface area contributed by atoms with E-state index in [4.69, 9.17) is 10.00 Å². The number of nitriles is 1. The first kappa shape index (κ1) is 11.4. The van der Waals surface area contributed by atoms with E-state index < -0.39 is 0 Å². The topological polar surface area (TPSA) is 62.0 Å². The molecule has 0 amide bonds. The van der Waals surface area contributed by atoms with Crippen LogP contribution >= 0.6 is 0 Å². The van der Waals surface area contributed by atoms with Gasteiger partial charge in [-0.2, -0.15) is 5.26 Å². The molecule has 0 unspecified atom stereocenters. The lowest BCUT2D eigenvalue weighted by Gasteiger charge is -2.20. The summed E-state index contributed by atoms with van der Waals surface area (Å²) in [7, 11) is 1.65. The van der Waals surface area contributed by atoms with Gasteiger partial charge in [-0.15, -0.1) is 0 Å². The lowest BCUT2D eigenvalue weighted by atomic mass is 10.4. The van der Waals surface area contributed by atoms with Gasteiger partial charge in [0.2, 0.25) is 5.95 Å². The molecule has 15 heavy (non-hydrogen) atoms. The third kappa shape index (κ3) is 3.92. The zero-order valence-electron chi connectivity index (χ0n) is 8.76. The number of methoxy groups -OCH3 is 1. The Labute approximate surface area is 89.3 Å². The molecule has 0 atom stereocenters. The van der Waals surface area contributed by atoms with Crippen molar-refractivity contribution < 1.29 is 4.74 Å². The van der Waals surface area contributed by atoms with E-state index in [0.29, 0.717) is 32.1 Å². The third-order valence-electron chi connectivity index (χ3n) is 1.89. The molecule has 0 radical (unpaired) electrons. The average molecular weight is 206 g/mol. The molecular formula is C10H14N4O. The molecule has 0 saturated carbocycles. The number of nitrogens with zero attached hydrogens (tertiary/aromatic N) is 4. The van der Waals surface area contributed by atoms with Gasteiger partial charge >= 0.3 is 0 Å². The number of hydrogen-bond acceptors (Lipinski definition) is 5. The minimum absolute atomic E-state index is 0.460. The van der Waals surface area contributed by atoms with Gasteiger partial charge < -0.3 is 9.64 Å².